The lowest BCUT2D eigenvalue weighted by Crippen LogP contribution is -2.22. The van der Waals surface area contributed by atoms with Crippen molar-refractivity contribution in [2.75, 3.05) is 34.6 Å². The van der Waals surface area contributed by atoms with Gasteiger partial charge in [-0.25, -0.2) is 18.6 Å². The first-order valence-electron chi connectivity index (χ1n) is 9.81. The van der Waals surface area contributed by atoms with Crippen LogP contribution in [-0.2, 0) is 4.74 Å². The van der Waals surface area contributed by atoms with Gasteiger partial charge in [-0.15, -0.1) is 0 Å². The van der Waals surface area contributed by atoms with Crippen molar-refractivity contribution in [2.24, 2.45) is 4.99 Å². The van der Waals surface area contributed by atoms with Crippen LogP contribution in [0.2, 0.25) is 0 Å². The molecule has 0 saturated carbocycles. The van der Waals surface area contributed by atoms with Crippen molar-refractivity contribution in [3.63, 3.8) is 0 Å². The number of esters is 1. The van der Waals surface area contributed by atoms with Crippen molar-refractivity contribution < 1.29 is 32.5 Å². The maximum absolute atomic E-state index is 12.8. The number of aliphatic imine (C=N–C) groups is 1. The molecule has 0 aliphatic carbocycles. The molecule has 0 unspecified atom stereocenters. The van der Waals surface area contributed by atoms with Gasteiger partial charge in [-0.05, 0) is 24.3 Å². The number of benzene rings is 2. The third kappa shape index (κ3) is 5.29. The summed E-state index contributed by atoms with van der Waals surface area (Å²) in [5.41, 5.74) is 0.681. The van der Waals surface area contributed by atoms with Gasteiger partial charge in [0.05, 0.1) is 19.0 Å². The maximum atomic E-state index is 12.8. The first-order valence-corrected chi connectivity index (χ1v) is 9.81. The summed E-state index contributed by atoms with van der Waals surface area (Å²) >= 11 is 0. The lowest BCUT2D eigenvalue weighted by atomic mass is 10.1. The number of alkyl halides is 2. The van der Waals surface area contributed by atoms with E-state index in [1.165, 1.54) is 42.7 Å². The van der Waals surface area contributed by atoms with Crippen molar-refractivity contribution >= 4 is 28.9 Å². The van der Waals surface area contributed by atoms with E-state index in [9.17, 15) is 18.8 Å². The molecule has 0 atom stereocenters. The summed E-state index contributed by atoms with van der Waals surface area (Å²) in [4.78, 5) is 22.0. The number of para-hydroxylation sites is 2. The van der Waals surface area contributed by atoms with Crippen molar-refractivity contribution in [3.05, 3.63) is 53.7 Å². The molecular formula is C23H20F2N4O5. The quantitative estimate of drug-likeness (QED) is 0.188. The zero-order valence-electron chi connectivity index (χ0n) is 18.3. The van der Waals surface area contributed by atoms with Crippen LogP contribution in [0.4, 0.5) is 14.5 Å². The number of ether oxygens (including phenoxy) is 4. The topological polar surface area (TPSA) is 106 Å². The van der Waals surface area contributed by atoms with Crippen LogP contribution in [0.5, 0.6) is 17.2 Å². The number of hydrogen-bond acceptors (Lipinski definition) is 8. The number of rotatable bonds is 10. The second kappa shape index (κ2) is 11.4. The van der Waals surface area contributed by atoms with E-state index in [-0.39, 0.29) is 40.8 Å². The lowest BCUT2D eigenvalue weighted by molar-refractivity contribution is 0.0601. The standard InChI is InChI=1S/C23H20F2N4O5/c1-29(13-28-21-17(23(30)31-2)6-4-8-19(21)33-12-25)14-34-22-15(9-26)10-27-20-16(22)5-3-7-18(20)32-11-24/h3-8,10,13H,11-12,14H2,1-2H3/b28-13+. The van der Waals surface area contributed by atoms with Gasteiger partial charge in [-0.1, -0.05) is 12.1 Å². The average molecular weight is 470 g/mol. The van der Waals surface area contributed by atoms with Crippen LogP contribution in [0.3, 0.4) is 0 Å². The number of fused-ring (bicyclic) bond motifs is 1. The number of pyridine rings is 1. The minimum absolute atomic E-state index is 0.0586. The van der Waals surface area contributed by atoms with Crippen molar-refractivity contribution in [1.82, 2.24) is 9.88 Å². The highest BCUT2D eigenvalue weighted by Crippen LogP contribution is 2.34. The van der Waals surface area contributed by atoms with Crippen molar-refractivity contribution in [2.45, 2.75) is 0 Å². The monoisotopic (exact) mass is 470 g/mol. The second-order valence-electron chi connectivity index (χ2n) is 6.69. The molecule has 3 rings (SSSR count). The number of nitrogens with zero attached hydrogens (tertiary/aromatic N) is 4. The van der Waals surface area contributed by atoms with E-state index >= 15 is 0 Å². The molecule has 0 radical (unpaired) electrons. The molecule has 3 aromatic rings. The predicted molar refractivity (Wildman–Crippen MR) is 119 cm³/mol. The van der Waals surface area contributed by atoms with Crippen LogP contribution in [0.25, 0.3) is 10.9 Å². The van der Waals surface area contributed by atoms with Crippen LogP contribution in [0, 0.1) is 11.3 Å². The Hall–Kier alpha value is -4.46. The molecule has 1 heterocycles. The Morgan fingerprint density at radius 1 is 1.15 bits per heavy atom. The normalized spacial score (nSPS) is 10.7. The van der Waals surface area contributed by atoms with Gasteiger partial charge in [-0.3, -0.25) is 4.98 Å². The van der Waals surface area contributed by atoms with Gasteiger partial charge in [0.2, 0.25) is 13.7 Å². The molecule has 0 spiro atoms. The number of hydrogen-bond donors (Lipinski definition) is 0. The molecule has 0 amide bonds. The maximum Gasteiger partial charge on any atom is 0.340 e. The fraction of sp³-hybridized carbons (Fsp3) is 0.217. The Bertz CT molecular complexity index is 1250. The van der Waals surface area contributed by atoms with Gasteiger partial charge in [0, 0.05) is 18.6 Å². The molecule has 0 saturated heterocycles. The van der Waals surface area contributed by atoms with E-state index in [2.05, 4.69) is 9.98 Å². The minimum Gasteiger partial charge on any atom is -0.471 e. The van der Waals surface area contributed by atoms with Crippen LogP contribution >= 0.6 is 0 Å². The molecule has 2 aromatic carbocycles. The molecule has 0 N–H and O–H groups in total. The smallest absolute Gasteiger partial charge is 0.340 e. The van der Waals surface area contributed by atoms with E-state index in [1.54, 1.807) is 25.2 Å². The minimum atomic E-state index is -1.10. The highest BCUT2D eigenvalue weighted by Gasteiger charge is 2.17. The molecule has 9 nitrogen and oxygen atoms in total. The Kier molecular flexibility index (Phi) is 8.12. The molecular weight excluding hydrogens is 450 g/mol. The zero-order chi connectivity index (χ0) is 24.5. The van der Waals surface area contributed by atoms with Crippen LogP contribution in [-0.4, -0.2) is 56.8 Å². The van der Waals surface area contributed by atoms with Gasteiger partial charge >= 0.3 is 5.97 Å². The summed E-state index contributed by atoms with van der Waals surface area (Å²) < 4.78 is 45.9. The van der Waals surface area contributed by atoms with E-state index in [0.717, 1.165) is 0 Å². The van der Waals surface area contributed by atoms with Crippen LogP contribution in [0.15, 0.2) is 47.6 Å². The summed E-state index contributed by atoms with van der Waals surface area (Å²) in [5.74, 6) is -0.163. The molecule has 0 aliphatic rings. The van der Waals surface area contributed by atoms with Crippen LogP contribution in [0.1, 0.15) is 15.9 Å². The number of methoxy groups -OCH3 is 1. The molecule has 1 aromatic heterocycles. The molecule has 34 heavy (non-hydrogen) atoms. The SMILES string of the molecule is COC(=O)c1cccc(OCF)c1/N=C/N(C)COc1c(C#N)cnc2c(OCF)cccc12. The number of aromatic nitrogens is 1. The van der Waals surface area contributed by atoms with Gasteiger partial charge < -0.3 is 23.8 Å². The molecule has 0 bridgehead atoms. The third-order valence-electron chi connectivity index (χ3n) is 4.55. The van der Waals surface area contributed by atoms with Gasteiger partial charge in [0.25, 0.3) is 0 Å². The summed E-state index contributed by atoms with van der Waals surface area (Å²) in [7, 11) is 2.85. The molecule has 11 heteroatoms. The van der Waals surface area contributed by atoms with Crippen LogP contribution < -0.4 is 14.2 Å². The number of carbonyl (C=O) groups excluding carboxylic acids is 1. The summed E-state index contributed by atoms with van der Waals surface area (Å²) in [6.07, 6.45) is 2.66. The Balaban J connectivity index is 1.86. The molecule has 0 aliphatic heterocycles. The summed E-state index contributed by atoms with van der Waals surface area (Å²) in [6, 6.07) is 11.3. The average Bonchev–Trinajstić information content (AvgIpc) is 2.86. The van der Waals surface area contributed by atoms with E-state index in [0.29, 0.717) is 10.9 Å². The first kappa shape index (κ1) is 24.2. The largest absolute Gasteiger partial charge is 0.471 e. The van der Waals surface area contributed by atoms with Crippen molar-refractivity contribution in [1.29, 1.82) is 5.26 Å². The Labute approximate surface area is 193 Å². The number of carbonyl (C=O) groups is 1. The third-order valence-corrected chi connectivity index (χ3v) is 4.55. The van der Waals surface area contributed by atoms with E-state index < -0.39 is 19.7 Å². The Morgan fingerprint density at radius 3 is 2.56 bits per heavy atom. The summed E-state index contributed by atoms with van der Waals surface area (Å²) in [6.45, 7) is -2.20. The van der Waals surface area contributed by atoms with Gasteiger partial charge in [0.15, 0.2) is 12.5 Å². The Morgan fingerprint density at radius 2 is 1.85 bits per heavy atom. The fourth-order valence-electron chi connectivity index (χ4n) is 3.04. The van der Waals surface area contributed by atoms with Crippen molar-refractivity contribution in [3.8, 4) is 23.3 Å². The number of nitriles is 1. The lowest BCUT2D eigenvalue weighted by Gasteiger charge is -2.17. The van der Waals surface area contributed by atoms with Gasteiger partial charge in [0.1, 0.15) is 34.3 Å². The highest BCUT2D eigenvalue weighted by molar-refractivity contribution is 5.97. The van der Waals surface area contributed by atoms with Gasteiger partial charge in [-0.2, -0.15) is 5.26 Å². The number of halogens is 2. The second-order valence-corrected chi connectivity index (χ2v) is 6.69. The first-order chi connectivity index (χ1) is 16.5. The molecule has 0 fully saturated rings. The van der Waals surface area contributed by atoms with E-state index in [1.807, 2.05) is 6.07 Å². The zero-order valence-corrected chi connectivity index (χ0v) is 18.3. The highest BCUT2D eigenvalue weighted by atomic mass is 19.1. The fourth-order valence-corrected chi connectivity index (χ4v) is 3.04. The predicted octanol–water partition coefficient (Wildman–Crippen LogP) is 4.13. The van der Waals surface area contributed by atoms with E-state index in [4.69, 9.17) is 18.9 Å². The molecule has 176 valence electrons. The summed E-state index contributed by atoms with van der Waals surface area (Å²) in [5, 5.41) is 9.93.